The van der Waals surface area contributed by atoms with Crippen LogP contribution >= 0.6 is 28.3 Å². The fraction of sp³-hybridized carbons (Fsp3) is 0.750. The van der Waals surface area contributed by atoms with Crippen LogP contribution in [0.15, 0.2) is 15.8 Å². The molecular weight excluding hydrogens is 522 g/mol. The summed E-state index contributed by atoms with van der Waals surface area (Å²) in [7, 11) is -10.4. The molecule has 0 saturated carbocycles. The quantitative estimate of drug-likeness (QED) is 0.179. The third-order valence-electron chi connectivity index (χ3n) is 5.19. The van der Waals surface area contributed by atoms with Crippen molar-refractivity contribution in [3.63, 3.8) is 0 Å². The summed E-state index contributed by atoms with van der Waals surface area (Å²) in [6.45, 7) is 2.26. The van der Waals surface area contributed by atoms with Crippen LogP contribution < -0.4 is 11.2 Å². The van der Waals surface area contributed by atoms with Gasteiger partial charge >= 0.3 is 21.3 Å². The van der Waals surface area contributed by atoms with Crippen molar-refractivity contribution in [1.82, 2.24) is 9.55 Å². The molecule has 2 aliphatic heterocycles. The van der Waals surface area contributed by atoms with Crippen LogP contribution in [0.25, 0.3) is 0 Å². The molecule has 1 aromatic heterocycles. The summed E-state index contributed by atoms with van der Waals surface area (Å²) < 4.78 is 49.7. The zero-order valence-corrected chi connectivity index (χ0v) is 20.7. The molecule has 9 atom stereocenters. The molecule has 2 aliphatic rings. The normalized spacial score (nSPS) is 35.6. The van der Waals surface area contributed by atoms with Crippen LogP contribution in [0.4, 0.5) is 0 Å². The molecule has 18 heteroatoms. The van der Waals surface area contributed by atoms with Gasteiger partial charge in [0.15, 0.2) is 6.29 Å². The molecule has 3 rings (SSSR count). The second-order valence-electron chi connectivity index (χ2n) is 7.90. The number of aryl methyl sites for hydroxylation is 1. The Balaban J connectivity index is 1.56. The molecule has 5 N–H and O–H groups in total. The standard InChI is InChI=1S/C16H26N2O13P2S/c1-7-5-18(16(22)17-15(7)21)12-3-9(19)11(29-12)6-27-32(23,24)31-33(25,26)30-13-4-10(20)14(34)8(2)28-13/h5,8-14,19-20,34H,3-4,6H2,1-2H3,(H,23,24)(H,25,26)(H,17,21,22)/t8-,9+,10+,11-,12-,13-,14-/m1/s1. The van der Waals surface area contributed by atoms with E-state index in [0.29, 0.717) is 0 Å². The summed E-state index contributed by atoms with van der Waals surface area (Å²) in [5.41, 5.74) is -1.14. The second-order valence-corrected chi connectivity index (χ2v) is 11.5. The maximum Gasteiger partial charge on any atom is 0.483 e. The summed E-state index contributed by atoms with van der Waals surface area (Å²) in [5.74, 6) is 0. The Labute approximate surface area is 198 Å². The van der Waals surface area contributed by atoms with Gasteiger partial charge in [-0.1, -0.05) is 0 Å². The van der Waals surface area contributed by atoms with E-state index in [4.69, 9.17) is 14.0 Å². The number of nitrogens with zero attached hydrogens (tertiary/aromatic N) is 1. The average molecular weight is 548 g/mol. The van der Waals surface area contributed by atoms with Crippen LogP contribution in [0.3, 0.4) is 0 Å². The zero-order valence-electron chi connectivity index (χ0n) is 18.0. The average Bonchev–Trinajstić information content (AvgIpc) is 3.06. The monoisotopic (exact) mass is 548 g/mol. The number of thiol groups is 1. The highest BCUT2D eigenvalue weighted by Crippen LogP contribution is 2.61. The van der Waals surface area contributed by atoms with Crippen LogP contribution in [0, 0.1) is 6.92 Å². The number of phosphoric ester groups is 2. The number of aromatic amines is 1. The number of hydrogen-bond donors (Lipinski definition) is 6. The van der Waals surface area contributed by atoms with E-state index >= 15 is 0 Å². The number of rotatable bonds is 8. The minimum atomic E-state index is -5.20. The molecule has 2 unspecified atom stereocenters. The zero-order chi connectivity index (χ0) is 25.4. The molecule has 0 spiro atoms. The highest BCUT2D eigenvalue weighted by Gasteiger charge is 2.43. The van der Waals surface area contributed by atoms with Crippen LogP contribution in [0.2, 0.25) is 0 Å². The minimum Gasteiger partial charge on any atom is -0.392 e. The summed E-state index contributed by atoms with van der Waals surface area (Å²) in [6, 6.07) is 0. The van der Waals surface area contributed by atoms with Crippen molar-refractivity contribution >= 4 is 28.3 Å². The molecule has 2 fully saturated rings. The molecule has 0 amide bonds. The lowest BCUT2D eigenvalue weighted by atomic mass is 10.1. The molecule has 0 aliphatic carbocycles. The van der Waals surface area contributed by atoms with Gasteiger partial charge in [0.05, 0.1) is 30.2 Å². The third kappa shape index (κ3) is 6.87. The van der Waals surface area contributed by atoms with Crippen molar-refractivity contribution in [2.75, 3.05) is 6.61 Å². The van der Waals surface area contributed by atoms with E-state index in [-0.39, 0.29) is 18.4 Å². The molecule has 0 bridgehead atoms. The topological polar surface area (TPSA) is 216 Å². The van der Waals surface area contributed by atoms with Crippen molar-refractivity contribution in [1.29, 1.82) is 0 Å². The molecule has 34 heavy (non-hydrogen) atoms. The number of nitrogens with one attached hydrogen (secondary N) is 1. The number of hydrogen-bond acceptors (Lipinski definition) is 12. The Hall–Kier alpha value is -0.870. The number of H-pyrrole nitrogens is 1. The van der Waals surface area contributed by atoms with E-state index in [9.17, 15) is 38.7 Å². The molecule has 2 saturated heterocycles. The van der Waals surface area contributed by atoms with Gasteiger partial charge in [-0.3, -0.25) is 23.4 Å². The summed E-state index contributed by atoms with van der Waals surface area (Å²) >= 11 is 4.13. The van der Waals surface area contributed by atoms with Gasteiger partial charge in [-0.15, -0.1) is 0 Å². The Morgan fingerprint density at radius 1 is 1.18 bits per heavy atom. The Morgan fingerprint density at radius 3 is 2.50 bits per heavy atom. The summed E-state index contributed by atoms with van der Waals surface area (Å²) in [6.07, 6.45) is -5.66. The first-order chi connectivity index (χ1) is 15.7. The summed E-state index contributed by atoms with van der Waals surface area (Å²) in [4.78, 5) is 45.2. The first-order valence-corrected chi connectivity index (χ1v) is 13.6. The SMILES string of the molecule is Cc1cn([C@H]2C[C@H](O)[C@@H](COP(=O)(O)OP(=O)(O)O[C@@H]3C[C@H](O)[C@H](S)[C@@H](C)O3)O2)c(=O)[nH]c1=O. The number of phosphoric acid groups is 2. The Morgan fingerprint density at radius 2 is 1.85 bits per heavy atom. The van der Waals surface area contributed by atoms with Crippen LogP contribution in [-0.4, -0.2) is 72.1 Å². The molecule has 3 heterocycles. The molecule has 194 valence electrons. The molecule has 0 aromatic carbocycles. The van der Waals surface area contributed by atoms with E-state index < -0.39 is 75.7 Å². The number of ether oxygens (including phenoxy) is 2. The predicted octanol–water partition coefficient (Wildman–Crippen LogP) is -0.462. The van der Waals surface area contributed by atoms with E-state index in [1.54, 1.807) is 6.92 Å². The van der Waals surface area contributed by atoms with Crippen molar-refractivity contribution < 1.29 is 52.0 Å². The number of aliphatic hydroxyl groups excluding tert-OH is 2. The van der Waals surface area contributed by atoms with Crippen molar-refractivity contribution in [2.45, 2.75) is 68.9 Å². The fourth-order valence-corrected chi connectivity index (χ4v) is 5.76. The van der Waals surface area contributed by atoms with E-state index in [2.05, 4.69) is 26.4 Å². The third-order valence-corrected chi connectivity index (χ3v) is 8.59. The largest absolute Gasteiger partial charge is 0.483 e. The molecule has 15 nitrogen and oxygen atoms in total. The lowest BCUT2D eigenvalue weighted by Gasteiger charge is -2.35. The second kappa shape index (κ2) is 10.6. The van der Waals surface area contributed by atoms with Gasteiger partial charge in [0.2, 0.25) is 0 Å². The highest BCUT2D eigenvalue weighted by molar-refractivity contribution is 7.81. The number of aliphatic hydroxyl groups is 2. The van der Waals surface area contributed by atoms with Crippen molar-refractivity contribution in [3.05, 3.63) is 32.6 Å². The van der Waals surface area contributed by atoms with Gasteiger partial charge in [0.1, 0.15) is 12.3 Å². The van der Waals surface area contributed by atoms with E-state index in [1.807, 2.05) is 0 Å². The van der Waals surface area contributed by atoms with Gasteiger partial charge in [-0.25, -0.2) is 13.9 Å². The Bertz CT molecular complexity index is 1080. The first kappa shape index (κ1) is 27.7. The van der Waals surface area contributed by atoms with E-state index in [0.717, 1.165) is 4.57 Å². The van der Waals surface area contributed by atoms with Crippen LogP contribution in [-0.2, 0) is 32.0 Å². The van der Waals surface area contributed by atoms with Gasteiger partial charge in [-0.05, 0) is 13.8 Å². The van der Waals surface area contributed by atoms with Crippen LogP contribution in [0.1, 0.15) is 31.6 Å². The Kier molecular flexibility index (Phi) is 8.66. The van der Waals surface area contributed by atoms with Gasteiger partial charge < -0.3 is 29.5 Å². The van der Waals surface area contributed by atoms with Crippen molar-refractivity contribution in [3.8, 4) is 0 Å². The highest BCUT2D eigenvalue weighted by atomic mass is 32.1. The molecule has 1 aromatic rings. The molecular formula is C16H26N2O13P2S. The maximum absolute atomic E-state index is 12.2. The predicted molar refractivity (Wildman–Crippen MR) is 116 cm³/mol. The van der Waals surface area contributed by atoms with Crippen molar-refractivity contribution in [2.24, 2.45) is 0 Å². The fourth-order valence-electron chi connectivity index (χ4n) is 3.42. The lowest BCUT2D eigenvalue weighted by molar-refractivity contribution is -0.172. The van der Waals surface area contributed by atoms with Gasteiger partial charge in [0.25, 0.3) is 5.56 Å². The summed E-state index contributed by atoms with van der Waals surface area (Å²) in [5, 5.41) is 19.5. The van der Waals surface area contributed by atoms with E-state index in [1.165, 1.54) is 13.1 Å². The molecule has 0 radical (unpaired) electrons. The van der Waals surface area contributed by atoms with Crippen LogP contribution in [0.5, 0.6) is 0 Å². The van der Waals surface area contributed by atoms with Gasteiger partial charge in [0, 0.05) is 24.6 Å². The van der Waals surface area contributed by atoms with Gasteiger partial charge in [-0.2, -0.15) is 16.9 Å². The lowest BCUT2D eigenvalue weighted by Crippen LogP contribution is -2.44. The smallest absolute Gasteiger partial charge is 0.392 e. The maximum atomic E-state index is 12.2. The first-order valence-electron chi connectivity index (χ1n) is 10.0. The minimum absolute atomic E-state index is 0.108. The number of aromatic nitrogens is 2.